The molecule has 0 N–H and O–H groups in total. The van der Waals surface area contributed by atoms with Gasteiger partial charge in [-0.15, -0.1) is 0 Å². The highest BCUT2D eigenvalue weighted by Gasteiger charge is 2.34. The van der Waals surface area contributed by atoms with Crippen LogP contribution in [0.25, 0.3) is 6.08 Å². The number of hydrogen-bond acceptors (Lipinski definition) is 0. The fourth-order valence-electron chi connectivity index (χ4n) is 4.79. The molecule has 0 aliphatic heterocycles. The third kappa shape index (κ3) is 4.04. The normalized spacial score (nSPS) is 30.5. The van der Waals surface area contributed by atoms with Crippen LogP contribution in [0, 0.1) is 41.1 Å². The van der Waals surface area contributed by atoms with Gasteiger partial charge in [-0.1, -0.05) is 38.3 Å². The predicted octanol–water partition coefficient (Wildman–Crippen LogP) is 6.75. The van der Waals surface area contributed by atoms with Gasteiger partial charge in [-0.3, -0.25) is 0 Å². The first-order valence-electron chi connectivity index (χ1n) is 9.39. The third-order valence-electron chi connectivity index (χ3n) is 6.03. The van der Waals surface area contributed by atoms with E-state index in [1.54, 1.807) is 6.08 Å². The minimum Gasteiger partial charge on any atom is -0.204 e. The second kappa shape index (κ2) is 7.76. The summed E-state index contributed by atoms with van der Waals surface area (Å²) in [6, 6.07) is 2.13. The molecule has 0 heterocycles. The first-order valence-corrected chi connectivity index (χ1v) is 9.39. The number of halogens is 3. The average molecular weight is 336 g/mol. The molecule has 3 rings (SSSR count). The van der Waals surface area contributed by atoms with Crippen LogP contribution in [0.4, 0.5) is 13.2 Å². The van der Waals surface area contributed by atoms with Crippen LogP contribution in [-0.2, 0) is 0 Å². The largest absolute Gasteiger partial charge is 0.204 e. The Hall–Kier alpha value is -1.25. The van der Waals surface area contributed by atoms with E-state index in [0.29, 0.717) is 11.5 Å². The smallest absolute Gasteiger partial charge is 0.194 e. The van der Waals surface area contributed by atoms with Crippen molar-refractivity contribution in [2.45, 2.75) is 58.3 Å². The van der Waals surface area contributed by atoms with Crippen LogP contribution in [0.15, 0.2) is 18.2 Å². The summed E-state index contributed by atoms with van der Waals surface area (Å²) in [6.07, 6.45) is 14.2. The van der Waals surface area contributed by atoms with Crippen molar-refractivity contribution in [3.63, 3.8) is 0 Å². The second-order valence-electron chi connectivity index (χ2n) is 7.72. The monoisotopic (exact) mass is 336 g/mol. The lowest BCUT2D eigenvalue weighted by Crippen LogP contribution is -2.30. The van der Waals surface area contributed by atoms with Gasteiger partial charge in [0.25, 0.3) is 0 Å². The fourth-order valence-corrected chi connectivity index (χ4v) is 4.79. The molecule has 1 aromatic carbocycles. The molecule has 2 fully saturated rings. The van der Waals surface area contributed by atoms with Crippen LogP contribution in [-0.4, -0.2) is 0 Å². The average Bonchev–Trinajstić information content (AvgIpc) is 2.58. The minimum absolute atomic E-state index is 0.403. The molecule has 0 saturated heterocycles. The van der Waals surface area contributed by atoms with Gasteiger partial charge in [-0.2, -0.15) is 0 Å². The molecule has 2 aliphatic carbocycles. The Morgan fingerprint density at radius 2 is 1.62 bits per heavy atom. The molecule has 4 unspecified atom stereocenters. The maximum atomic E-state index is 13.3. The molecule has 2 saturated carbocycles. The number of benzene rings is 1. The maximum absolute atomic E-state index is 13.3. The van der Waals surface area contributed by atoms with E-state index >= 15 is 0 Å². The number of fused-ring (bicyclic) bond motifs is 1. The summed E-state index contributed by atoms with van der Waals surface area (Å²) in [5.41, 5.74) is 0.403. The van der Waals surface area contributed by atoms with Gasteiger partial charge in [0.05, 0.1) is 0 Å². The first kappa shape index (κ1) is 17.6. The van der Waals surface area contributed by atoms with Crippen LogP contribution >= 0.6 is 0 Å². The van der Waals surface area contributed by atoms with Crippen LogP contribution in [0.5, 0.6) is 0 Å². The van der Waals surface area contributed by atoms with Gasteiger partial charge >= 0.3 is 0 Å². The van der Waals surface area contributed by atoms with Gasteiger partial charge in [0.1, 0.15) is 0 Å². The van der Waals surface area contributed by atoms with Crippen LogP contribution in [0.3, 0.4) is 0 Å². The van der Waals surface area contributed by atoms with E-state index in [2.05, 4.69) is 13.0 Å². The van der Waals surface area contributed by atoms with E-state index < -0.39 is 17.5 Å². The number of hydrogen-bond donors (Lipinski definition) is 0. The van der Waals surface area contributed by atoms with E-state index in [1.807, 2.05) is 0 Å². The lowest BCUT2D eigenvalue weighted by Gasteiger charge is -2.41. The van der Waals surface area contributed by atoms with Gasteiger partial charge in [-0.25, -0.2) is 13.2 Å². The molecule has 0 aromatic heterocycles. The van der Waals surface area contributed by atoms with Crippen molar-refractivity contribution in [3.05, 3.63) is 41.2 Å². The van der Waals surface area contributed by atoms with Crippen molar-refractivity contribution in [3.8, 4) is 0 Å². The quantitative estimate of drug-likeness (QED) is 0.533. The summed E-state index contributed by atoms with van der Waals surface area (Å²) in [7, 11) is 0. The van der Waals surface area contributed by atoms with E-state index in [1.165, 1.54) is 44.9 Å². The van der Waals surface area contributed by atoms with Gasteiger partial charge in [0.15, 0.2) is 17.5 Å². The van der Waals surface area contributed by atoms with Crippen LogP contribution in [0.1, 0.15) is 63.9 Å². The SMILES string of the molecule is CCCC1CCC2CC(C=Cc3cc(F)c(F)c(F)c3)CCC2C1. The summed E-state index contributed by atoms with van der Waals surface area (Å²) in [6.45, 7) is 2.27. The molecule has 24 heavy (non-hydrogen) atoms. The van der Waals surface area contributed by atoms with Crippen molar-refractivity contribution in [1.29, 1.82) is 0 Å². The Labute approximate surface area is 143 Å². The third-order valence-corrected chi connectivity index (χ3v) is 6.03. The Kier molecular flexibility index (Phi) is 5.68. The van der Waals surface area contributed by atoms with Crippen LogP contribution < -0.4 is 0 Å². The van der Waals surface area contributed by atoms with E-state index in [0.717, 1.165) is 36.3 Å². The maximum Gasteiger partial charge on any atom is 0.194 e. The molecule has 132 valence electrons. The van der Waals surface area contributed by atoms with Gasteiger partial charge in [0, 0.05) is 0 Å². The Morgan fingerprint density at radius 1 is 0.958 bits per heavy atom. The molecule has 0 radical (unpaired) electrons. The van der Waals surface area contributed by atoms with Crippen molar-refractivity contribution in [1.82, 2.24) is 0 Å². The second-order valence-corrected chi connectivity index (χ2v) is 7.72. The molecule has 0 bridgehead atoms. The number of rotatable bonds is 4. The topological polar surface area (TPSA) is 0 Å². The van der Waals surface area contributed by atoms with Crippen molar-refractivity contribution >= 4 is 6.08 Å². The van der Waals surface area contributed by atoms with E-state index in [9.17, 15) is 13.2 Å². The Bertz CT molecular complexity index is 570. The molecule has 4 atom stereocenters. The Morgan fingerprint density at radius 3 is 2.33 bits per heavy atom. The van der Waals surface area contributed by atoms with E-state index in [4.69, 9.17) is 0 Å². The standard InChI is InChI=1S/C21H27F3/c1-2-3-14-6-8-18-11-15(7-9-17(18)10-14)4-5-16-12-19(22)21(24)20(23)13-16/h4-5,12-15,17-18H,2-3,6-11H2,1H3. The molecule has 0 nitrogen and oxygen atoms in total. The van der Waals surface area contributed by atoms with Crippen LogP contribution in [0.2, 0.25) is 0 Å². The first-order chi connectivity index (χ1) is 11.6. The lowest BCUT2D eigenvalue weighted by molar-refractivity contribution is 0.107. The zero-order valence-electron chi connectivity index (χ0n) is 14.4. The summed E-state index contributed by atoms with van der Waals surface area (Å²) in [4.78, 5) is 0. The molecular weight excluding hydrogens is 309 g/mol. The van der Waals surface area contributed by atoms with Crippen molar-refractivity contribution < 1.29 is 13.2 Å². The summed E-state index contributed by atoms with van der Waals surface area (Å²) in [5.74, 6) is -0.542. The zero-order chi connectivity index (χ0) is 17.1. The predicted molar refractivity (Wildman–Crippen MR) is 91.9 cm³/mol. The highest BCUT2D eigenvalue weighted by Crippen LogP contribution is 2.46. The summed E-state index contributed by atoms with van der Waals surface area (Å²) < 4.78 is 39.6. The summed E-state index contributed by atoms with van der Waals surface area (Å²) >= 11 is 0. The fraction of sp³-hybridized carbons (Fsp3) is 0.619. The zero-order valence-corrected chi connectivity index (χ0v) is 14.4. The molecule has 0 amide bonds. The van der Waals surface area contributed by atoms with Gasteiger partial charge in [-0.05, 0) is 73.5 Å². The minimum atomic E-state index is -1.39. The Balaban J connectivity index is 1.58. The van der Waals surface area contributed by atoms with E-state index in [-0.39, 0.29) is 0 Å². The van der Waals surface area contributed by atoms with Gasteiger partial charge in [0.2, 0.25) is 0 Å². The highest BCUT2D eigenvalue weighted by molar-refractivity contribution is 5.49. The highest BCUT2D eigenvalue weighted by atomic mass is 19.2. The molecule has 1 aromatic rings. The molecule has 2 aliphatic rings. The molecule has 0 spiro atoms. The molecular formula is C21H27F3. The summed E-state index contributed by atoms with van der Waals surface area (Å²) in [5, 5.41) is 0. The van der Waals surface area contributed by atoms with Gasteiger partial charge < -0.3 is 0 Å². The van der Waals surface area contributed by atoms with Crippen molar-refractivity contribution in [2.24, 2.45) is 23.7 Å². The number of allylic oxidation sites excluding steroid dienone is 1. The molecule has 3 heteroatoms. The van der Waals surface area contributed by atoms with Crippen molar-refractivity contribution in [2.75, 3.05) is 0 Å². The lowest BCUT2D eigenvalue weighted by atomic mass is 9.64.